The second kappa shape index (κ2) is 8.64. The lowest BCUT2D eigenvalue weighted by Gasteiger charge is -2.40. The molecule has 200 valence electrons. The average Bonchev–Trinajstić information content (AvgIpc) is 3.12. The Bertz CT molecular complexity index is 943. The van der Waals surface area contributed by atoms with E-state index in [2.05, 4.69) is 0 Å². The molecule has 0 aliphatic carbocycles. The highest BCUT2D eigenvalue weighted by molar-refractivity contribution is 5.62. The minimum Gasteiger partial charge on any atom is -0.358 e. The van der Waals surface area contributed by atoms with Gasteiger partial charge in [-0.05, 0) is 31.9 Å². The smallest absolute Gasteiger partial charge is 0.358 e. The van der Waals surface area contributed by atoms with E-state index in [9.17, 15) is 57.1 Å². The van der Waals surface area contributed by atoms with Crippen molar-refractivity contribution >= 4 is 5.69 Å². The number of nitrogens with zero attached hydrogens (tertiary/aromatic N) is 2. The summed E-state index contributed by atoms with van der Waals surface area (Å²) in [5.41, 5.74) is 3.02. The molecule has 15 heteroatoms. The van der Waals surface area contributed by atoms with E-state index in [1.165, 1.54) is 11.1 Å². The van der Waals surface area contributed by atoms with Crippen LogP contribution in [0.3, 0.4) is 0 Å². The lowest BCUT2D eigenvalue weighted by Crippen LogP contribution is -2.70. The van der Waals surface area contributed by atoms with E-state index in [1.54, 1.807) is 26.0 Å². The molecule has 1 aliphatic rings. The van der Waals surface area contributed by atoms with Gasteiger partial charge in [-0.1, -0.05) is 17.7 Å². The highest BCUT2D eigenvalue weighted by atomic mass is 19.4. The summed E-state index contributed by atoms with van der Waals surface area (Å²) < 4.78 is 172. The Morgan fingerprint density at radius 2 is 1.11 bits per heavy atom. The van der Waals surface area contributed by atoms with Crippen molar-refractivity contribution in [3.8, 4) is 0 Å². The largest absolute Gasteiger partial charge is 0.460 e. The van der Waals surface area contributed by atoms with Crippen LogP contribution in [0.4, 0.5) is 62.8 Å². The molecule has 0 saturated heterocycles. The SMILES string of the molecule is Cc1cc(C)c(N2C=CN(CCC(F)(F)C(F)(F)C(F)(F)C(F)(F)C(F)(F)C(F)(F)F)C2)c(C)c1. The molecule has 0 amide bonds. The predicted octanol–water partition coefficient (Wildman–Crippen LogP) is 7.29. The third-order valence-electron chi connectivity index (χ3n) is 5.43. The first kappa shape index (κ1) is 28.9. The lowest BCUT2D eigenvalue weighted by molar-refractivity contribution is -0.440. The van der Waals surface area contributed by atoms with Gasteiger partial charge in [-0.15, -0.1) is 0 Å². The van der Waals surface area contributed by atoms with Gasteiger partial charge in [-0.3, -0.25) is 0 Å². The first-order valence-corrected chi connectivity index (χ1v) is 9.74. The number of hydrogen-bond donors (Lipinski definition) is 0. The Kier molecular flexibility index (Phi) is 7.13. The van der Waals surface area contributed by atoms with Crippen molar-refractivity contribution in [1.82, 2.24) is 4.90 Å². The monoisotopic (exact) mass is 534 g/mol. The van der Waals surface area contributed by atoms with E-state index >= 15 is 0 Å². The zero-order valence-corrected chi connectivity index (χ0v) is 18.2. The fraction of sp³-hybridized carbons (Fsp3) is 0.600. The standard InChI is InChI=1S/C20H19F13N2/c1-11-8-12(2)14(13(3)9-11)35-7-6-34(10-35)5-4-15(21,22)16(23,24)17(25,26)18(27,28)19(29,30)20(31,32)33/h6-9H,4-5,10H2,1-3H3. The van der Waals surface area contributed by atoms with Crippen molar-refractivity contribution in [3.05, 3.63) is 41.2 Å². The van der Waals surface area contributed by atoms with Crippen molar-refractivity contribution in [2.45, 2.75) is 63.0 Å². The number of rotatable bonds is 8. The molecule has 0 fully saturated rings. The van der Waals surface area contributed by atoms with Crippen LogP contribution < -0.4 is 4.90 Å². The third kappa shape index (κ3) is 4.61. The van der Waals surface area contributed by atoms with E-state index in [4.69, 9.17) is 0 Å². The molecule has 0 radical (unpaired) electrons. The Hall–Kier alpha value is -2.35. The maximum Gasteiger partial charge on any atom is 0.460 e. The van der Waals surface area contributed by atoms with E-state index < -0.39 is 48.8 Å². The van der Waals surface area contributed by atoms with Gasteiger partial charge in [-0.25, -0.2) is 0 Å². The first-order valence-electron chi connectivity index (χ1n) is 9.74. The summed E-state index contributed by atoms with van der Waals surface area (Å²) in [6, 6.07) is 3.57. The lowest BCUT2D eigenvalue weighted by atomic mass is 9.92. The van der Waals surface area contributed by atoms with Gasteiger partial charge >= 0.3 is 35.8 Å². The summed E-state index contributed by atoms with van der Waals surface area (Å²) >= 11 is 0. The highest BCUT2D eigenvalue weighted by Gasteiger charge is 2.90. The zero-order chi connectivity index (χ0) is 27.4. The minimum atomic E-state index is -7.88. The van der Waals surface area contributed by atoms with E-state index in [0.29, 0.717) is 5.69 Å². The van der Waals surface area contributed by atoms with Crippen LogP contribution in [0.25, 0.3) is 0 Å². The van der Waals surface area contributed by atoms with Gasteiger partial charge in [0.05, 0.1) is 6.67 Å². The van der Waals surface area contributed by atoms with Crippen molar-refractivity contribution in [2.24, 2.45) is 0 Å². The van der Waals surface area contributed by atoms with Crippen molar-refractivity contribution in [3.63, 3.8) is 0 Å². The number of alkyl halides is 13. The fourth-order valence-corrected chi connectivity index (χ4v) is 3.62. The summed E-state index contributed by atoms with van der Waals surface area (Å²) in [5, 5.41) is 0. The Morgan fingerprint density at radius 1 is 0.657 bits per heavy atom. The van der Waals surface area contributed by atoms with Gasteiger partial charge in [0.1, 0.15) is 0 Å². The van der Waals surface area contributed by atoms with E-state index in [-0.39, 0.29) is 6.67 Å². The molecule has 2 nitrogen and oxygen atoms in total. The predicted molar refractivity (Wildman–Crippen MR) is 99.3 cm³/mol. The molecule has 0 atom stereocenters. The Balaban J connectivity index is 2.20. The van der Waals surface area contributed by atoms with E-state index in [1.807, 2.05) is 6.92 Å². The molecular weight excluding hydrogens is 515 g/mol. The second-order valence-corrected chi connectivity index (χ2v) is 8.22. The van der Waals surface area contributed by atoms with Crippen LogP contribution in [0, 0.1) is 20.8 Å². The molecule has 1 aromatic rings. The average molecular weight is 534 g/mol. The van der Waals surface area contributed by atoms with Crippen molar-refractivity contribution < 1.29 is 57.1 Å². The topological polar surface area (TPSA) is 6.48 Å². The molecule has 0 bridgehead atoms. The molecule has 0 unspecified atom stereocenters. The fourth-order valence-electron chi connectivity index (χ4n) is 3.62. The number of benzene rings is 1. The summed E-state index contributed by atoms with van der Waals surface area (Å²) in [6.45, 7) is 3.86. The van der Waals surface area contributed by atoms with Gasteiger partial charge in [-0.2, -0.15) is 57.1 Å². The number of hydrogen-bond acceptors (Lipinski definition) is 2. The summed E-state index contributed by atoms with van der Waals surface area (Å²) in [6.07, 6.45) is -7.22. The van der Waals surface area contributed by atoms with Crippen LogP contribution in [0.1, 0.15) is 23.1 Å². The molecule has 2 rings (SSSR count). The van der Waals surface area contributed by atoms with Gasteiger partial charge < -0.3 is 9.80 Å². The quantitative estimate of drug-likeness (QED) is 0.323. The van der Waals surface area contributed by atoms with Gasteiger partial charge in [0.15, 0.2) is 0 Å². The zero-order valence-electron chi connectivity index (χ0n) is 18.2. The minimum absolute atomic E-state index is 0.245. The summed E-state index contributed by atoms with van der Waals surface area (Å²) in [5.74, 6) is -36.7. The molecule has 1 aromatic carbocycles. The number of aryl methyl sites for hydroxylation is 3. The highest BCUT2D eigenvalue weighted by Crippen LogP contribution is 2.60. The van der Waals surface area contributed by atoms with Crippen LogP contribution in [-0.2, 0) is 0 Å². The molecule has 0 spiro atoms. The molecule has 1 heterocycles. The maximum absolute atomic E-state index is 14.0. The molecule has 0 aromatic heterocycles. The number of halogens is 13. The molecule has 35 heavy (non-hydrogen) atoms. The van der Waals surface area contributed by atoms with Crippen LogP contribution >= 0.6 is 0 Å². The van der Waals surface area contributed by atoms with Crippen LogP contribution in [0.5, 0.6) is 0 Å². The molecule has 0 saturated carbocycles. The normalized spacial score (nSPS) is 16.5. The molecule has 1 aliphatic heterocycles. The van der Waals surface area contributed by atoms with Crippen molar-refractivity contribution in [1.29, 1.82) is 0 Å². The number of anilines is 1. The first-order chi connectivity index (χ1) is 15.5. The van der Waals surface area contributed by atoms with Gasteiger partial charge in [0.25, 0.3) is 0 Å². The Labute approximate surface area is 191 Å². The van der Waals surface area contributed by atoms with E-state index in [0.717, 1.165) is 27.8 Å². The summed E-state index contributed by atoms with van der Waals surface area (Å²) in [7, 11) is 0. The van der Waals surface area contributed by atoms with Crippen LogP contribution in [0.2, 0.25) is 0 Å². The van der Waals surface area contributed by atoms with Gasteiger partial charge in [0.2, 0.25) is 0 Å². The van der Waals surface area contributed by atoms with Crippen LogP contribution in [-0.4, -0.2) is 53.9 Å². The third-order valence-corrected chi connectivity index (χ3v) is 5.43. The molecule has 0 N–H and O–H groups in total. The van der Waals surface area contributed by atoms with Crippen molar-refractivity contribution in [2.75, 3.05) is 18.1 Å². The molecular formula is C20H19F13N2. The summed E-state index contributed by atoms with van der Waals surface area (Å²) in [4.78, 5) is 2.41. The van der Waals surface area contributed by atoms with Crippen LogP contribution in [0.15, 0.2) is 24.5 Å². The second-order valence-electron chi connectivity index (χ2n) is 8.22. The maximum atomic E-state index is 14.0. The van der Waals surface area contributed by atoms with Gasteiger partial charge in [0, 0.05) is 31.1 Å². The Morgan fingerprint density at radius 3 is 1.57 bits per heavy atom.